The summed E-state index contributed by atoms with van der Waals surface area (Å²) >= 11 is 0. The summed E-state index contributed by atoms with van der Waals surface area (Å²) in [6, 6.07) is 0. The minimum absolute atomic E-state index is 0. The maximum Gasteiger partial charge on any atom is 1.00 e. The van der Waals surface area contributed by atoms with E-state index < -0.39 is 5.60 Å². The second-order valence-corrected chi connectivity index (χ2v) is 5.97. The number of esters is 1. The van der Waals surface area contributed by atoms with Gasteiger partial charge in [0, 0.05) is 12.5 Å². The number of allylic oxidation sites excluding steroid dienone is 3. The molecule has 1 aliphatic rings. The number of aliphatic hydroxyl groups excluding tert-OH is 1. The maximum atomic E-state index is 11.7. The Balaban J connectivity index is 0. The van der Waals surface area contributed by atoms with Gasteiger partial charge in [-0.2, -0.15) is 0 Å². The van der Waals surface area contributed by atoms with Crippen molar-refractivity contribution in [1.29, 1.82) is 0 Å². The molecule has 20 heavy (non-hydrogen) atoms. The first-order chi connectivity index (χ1) is 8.88. The summed E-state index contributed by atoms with van der Waals surface area (Å²) in [4.78, 5) is 11.7. The summed E-state index contributed by atoms with van der Waals surface area (Å²) < 4.78 is 5.50. The largest absolute Gasteiger partial charge is 1.00 e. The molecule has 1 N–H and O–H groups in total. The third-order valence-corrected chi connectivity index (χ3v) is 3.88. The molecule has 0 aromatic rings. The molecule has 0 aromatic carbocycles. The molecule has 0 spiro atoms. The first-order valence-corrected chi connectivity index (χ1v) is 7.08. The van der Waals surface area contributed by atoms with E-state index in [-0.39, 0.29) is 64.9 Å². The molecule has 0 saturated heterocycles. The molecule has 3 nitrogen and oxygen atoms in total. The molecule has 0 unspecified atom stereocenters. The number of ether oxygens (including phenoxy) is 1. The van der Waals surface area contributed by atoms with Gasteiger partial charge in [-0.3, -0.25) is 0 Å². The number of hydrogen-bond donors (Lipinski definition) is 1. The second-order valence-electron chi connectivity index (χ2n) is 5.97. The van der Waals surface area contributed by atoms with E-state index >= 15 is 0 Å². The molecule has 3 atom stereocenters. The zero-order valence-corrected chi connectivity index (χ0v) is 16.5. The van der Waals surface area contributed by atoms with Gasteiger partial charge in [-0.1, -0.05) is 32.1 Å². The Hall–Kier alpha value is 0.546. The van der Waals surface area contributed by atoms with Gasteiger partial charge in [0.1, 0.15) is 5.60 Å². The second kappa shape index (κ2) is 9.54. The minimum Gasteiger partial charge on any atom is -1.00 e. The van der Waals surface area contributed by atoms with E-state index in [9.17, 15) is 9.90 Å². The van der Waals surface area contributed by atoms with Crippen molar-refractivity contribution in [3.8, 4) is 0 Å². The maximum absolute atomic E-state index is 11.7. The average molecular weight is 306 g/mol. The van der Waals surface area contributed by atoms with Crippen molar-refractivity contribution in [3.05, 3.63) is 24.3 Å². The van der Waals surface area contributed by atoms with E-state index in [1.54, 1.807) is 12.2 Å². The van der Waals surface area contributed by atoms with Crippen molar-refractivity contribution in [2.75, 3.05) is 0 Å². The van der Waals surface area contributed by atoms with E-state index in [4.69, 9.17) is 4.74 Å². The van der Waals surface area contributed by atoms with E-state index in [0.717, 1.165) is 12.8 Å². The summed E-state index contributed by atoms with van der Waals surface area (Å²) in [6.07, 6.45) is 8.59. The van der Waals surface area contributed by atoms with Crippen LogP contribution in [-0.2, 0) is 9.53 Å². The van der Waals surface area contributed by atoms with Crippen molar-refractivity contribution in [3.63, 3.8) is 0 Å². The van der Waals surface area contributed by atoms with Crippen LogP contribution >= 0.6 is 0 Å². The Kier molecular flexibility index (Phi) is 9.80. The Morgan fingerprint density at radius 2 is 2.10 bits per heavy atom. The van der Waals surface area contributed by atoms with Crippen LogP contribution in [0.1, 0.15) is 48.4 Å². The van der Waals surface area contributed by atoms with Gasteiger partial charge in [0.25, 0.3) is 0 Å². The van der Waals surface area contributed by atoms with Crippen molar-refractivity contribution < 1.29 is 67.4 Å². The van der Waals surface area contributed by atoms with Gasteiger partial charge < -0.3 is 11.3 Å². The van der Waals surface area contributed by atoms with Gasteiger partial charge in [0.05, 0.1) is 6.10 Å². The van der Waals surface area contributed by atoms with E-state index in [1.807, 2.05) is 19.9 Å². The van der Waals surface area contributed by atoms with E-state index in [0.29, 0.717) is 18.3 Å². The summed E-state index contributed by atoms with van der Waals surface area (Å²) in [5.41, 5.74) is -0.540. The summed E-state index contributed by atoms with van der Waals surface area (Å²) in [5, 5.41) is 10.2. The molecular formula is C16H27KO3. The molecule has 0 aliphatic heterocycles. The molecule has 4 heteroatoms. The fraction of sp³-hybridized carbons (Fsp3) is 0.688. The Morgan fingerprint density at radius 1 is 1.45 bits per heavy atom. The van der Waals surface area contributed by atoms with Crippen LogP contribution in [0.5, 0.6) is 0 Å². The third kappa shape index (κ3) is 6.54. The molecule has 1 fully saturated rings. The van der Waals surface area contributed by atoms with Crippen molar-refractivity contribution in [2.45, 2.75) is 58.7 Å². The number of hydrogen-bond acceptors (Lipinski definition) is 3. The van der Waals surface area contributed by atoms with Crippen LogP contribution in [0.15, 0.2) is 24.3 Å². The zero-order valence-electron chi connectivity index (χ0n) is 14.4. The average Bonchev–Trinajstić information content (AvgIpc) is 2.27. The SMILES string of the molecule is C/C=C/C=C/C(=O)O[C@]1(C)CC[C@@H](C(C)C)[C@H](O)C1.[H-].[K+]. The van der Waals surface area contributed by atoms with E-state index in [1.165, 1.54) is 6.08 Å². The number of carbonyl (C=O) groups is 1. The predicted octanol–water partition coefficient (Wildman–Crippen LogP) is 0.354. The van der Waals surface area contributed by atoms with Crippen LogP contribution in [0.4, 0.5) is 0 Å². The van der Waals surface area contributed by atoms with Crippen LogP contribution in [0.25, 0.3) is 0 Å². The molecule has 0 heterocycles. The minimum atomic E-state index is -0.540. The van der Waals surface area contributed by atoms with Gasteiger partial charge in [-0.05, 0) is 38.5 Å². The summed E-state index contributed by atoms with van der Waals surface area (Å²) in [6.45, 7) is 8.06. The Morgan fingerprint density at radius 3 is 2.60 bits per heavy atom. The fourth-order valence-electron chi connectivity index (χ4n) is 2.75. The molecule has 1 rings (SSSR count). The molecule has 0 radical (unpaired) electrons. The predicted molar refractivity (Wildman–Crippen MR) is 77.7 cm³/mol. The van der Waals surface area contributed by atoms with Crippen molar-refractivity contribution >= 4 is 5.97 Å². The van der Waals surface area contributed by atoms with Gasteiger partial charge in [-0.15, -0.1) is 0 Å². The molecule has 1 aliphatic carbocycles. The third-order valence-electron chi connectivity index (χ3n) is 3.88. The summed E-state index contributed by atoms with van der Waals surface area (Å²) in [5.74, 6) is 0.436. The Bertz CT molecular complexity index is 369. The van der Waals surface area contributed by atoms with Crippen LogP contribution < -0.4 is 51.4 Å². The number of carbonyl (C=O) groups excluding carboxylic acids is 1. The van der Waals surface area contributed by atoms with Gasteiger partial charge in [0.2, 0.25) is 0 Å². The van der Waals surface area contributed by atoms with Crippen LogP contribution in [0, 0.1) is 11.8 Å². The zero-order chi connectivity index (χ0) is 14.5. The summed E-state index contributed by atoms with van der Waals surface area (Å²) in [7, 11) is 0. The fourth-order valence-corrected chi connectivity index (χ4v) is 2.75. The molecule has 0 bridgehead atoms. The molecule has 1 saturated carbocycles. The van der Waals surface area contributed by atoms with Crippen LogP contribution in [0.2, 0.25) is 0 Å². The monoisotopic (exact) mass is 306 g/mol. The first kappa shape index (κ1) is 20.5. The quantitative estimate of drug-likeness (QED) is 0.353. The first-order valence-electron chi connectivity index (χ1n) is 7.08. The van der Waals surface area contributed by atoms with Gasteiger partial charge in [-0.25, -0.2) is 4.79 Å². The van der Waals surface area contributed by atoms with Crippen LogP contribution in [-0.4, -0.2) is 22.8 Å². The molecule has 0 aromatic heterocycles. The van der Waals surface area contributed by atoms with E-state index in [2.05, 4.69) is 13.8 Å². The standard InChI is InChI=1S/C16H26O3.K.H/c1-5-6-7-8-15(18)19-16(4)10-9-13(12(2)3)14(17)11-16;;/h5-8,12-14,17H,9-11H2,1-4H3;;/q;+1;-1/b6-5+,8-7+;;/t13-,14+,16+;;/m0../s1. The molecular weight excluding hydrogens is 279 g/mol. The number of aliphatic hydroxyl groups is 1. The Labute approximate surface area is 166 Å². The van der Waals surface area contributed by atoms with Crippen LogP contribution in [0.3, 0.4) is 0 Å². The van der Waals surface area contributed by atoms with Gasteiger partial charge in [0.15, 0.2) is 0 Å². The molecule has 0 amide bonds. The normalized spacial score (nSPS) is 30.7. The smallest absolute Gasteiger partial charge is 1.00 e. The van der Waals surface area contributed by atoms with Crippen molar-refractivity contribution in [1.82, 2.24) is 0 Å². The number of rotatable bonds is 4. The van der Waals surface area contributed by atoms with Crippen molar-refractivity contribution in [2.24, 2.45) is 11.8 Å². The van der Waals surface area contributed by atoms with Gasteiger partial charge >= 0.3 is 57.4 Å². The topological polar surface area (TPSA) is 46.5 Å². The molecule has 110 valence electrons.